The first kappa shape index (κ1) is 10.8. The van der Waals surface area contributed by atoms with Crippen molar-refractivity contribution >= 4 is 17.1 Å². The molecule has 15 heavy (non-hydrogen) atoms. The summed E-state index contributed by atoms with van der Waals surface area (Å²) in [5.41, 5.74) is 0.897. The third-order valence-electron chi connectivity index (χ3n) is 3.08. The molecule has 1 N–H and O–H groups in total. The summed E-state index contributed by atoms with van der Waals surface area (Å²) in [6.07, 6.45) is 4.26. The molecule has 1 aliphatic heterocycles. The van der Waals surface area contributed by atoms with E-state index in [9.17, 15) is 4.79 Å². The predicted octanol–water partition coefficient (Wildman–Crippen LogP) is 2.71. The van der Waals surface area contributed by atoms with Crippen LogP contribution in [0.4, 0.5) is 0 Å². The van der Waals surface area contributed by atoms with Crippen LogP contribution in [-0.4, -0.2) is 18.9 Å². The van der Waals surface area contributed by atoms with Crippen LogP contribution in [0.5, 0.6) is 0 Å². The van der Waals surface area contributed by atoms with Crippen molar-refractivity contribution in [3.63, 3.8) is 0 Å². The quantitative estimate of drug-likeness (QED) is 0.795. The molecule has 0 aromatic carbocycles. The van der Waals surface area contributed by atoms with Crippen LogP contribution in [-0.2, 0) is 0 Å². The number of carbonyl (C=O) groups excluding carboxylic acids is 1. The number of hydrogen-bond acceptors (Lipinski definition) is 3. The van der Waals surface area contributed by atoms with Crippen LogP contribution in [0.2, 0.25) is 0 Å². The Kier molecular flexibility index (Phi) is 3.92. The van der Waals surface area contributed by atoms with E-state index in [0.717, 1.165) is 37.4 Å². The monoisotopic (exact) mass is 223 g/mol. The standard InChI is InChI=1S/C12H17NOS/c14-12(11-5-8-15-9-11)2-1-10-3-6-13-7-4-10/h5,8-10,13H,1-4,6-7H2. The molecule has 0 atom stereocenters. The largest absolute Gasteiger partial charge is 0.317 e. The Balaban J connectivity index is 1.75. The van der Waals surface area contributed by atoms with Gasteiger partial charge in [0.25, 0.3) is 0 Å². The third-order valence-corrected chi connectivity index (χ3v) is 3.76. The highest BCUT2D eigenvalue weighted by Crippen LogP contribution is 2.19. The number of rotatable bonds is 4. The van der Waals surface area contributed by atoms with Gasteiger partial charge in [-0.2, -0.15) is 11.3 Å². The predicted molar refractivity (Wildman–Crippen MR) is 63.5 cm³/mol. The second-order valence-corrected chi connectivity index (χ2v) is 4.95. The Morgan fingerprint density at radius 2 is 2.27 bits per heavy atom. The van der Waals surface area contributed by atoms with E-state index < -0.39 is 0 Å². The molecule has 0 amide bonds. The van der Waals surface area contributed by atoms with Gasteiger partial charge in [-0.15, -0.1) is 0 Å². The van der Waals surface area contributed by atoms with Gasteiger partial charge in [0.15, 0.2) is 5.78 Å². The number of nitrogens with one attached hydrogen (secondary N) is 1. The molecule has 0 unspecified atom stereocenters. The van der Waals surface area contributed by atoms with E-state index in [1.165, 1.54) is 12.8 Å². The number of piperidine rings is 1. The highest BCUT2D eigenvalue weighted by atomic mass is 32.1. The fourth-order valence-corrected chi connectivity index (χ4v) is 2.73. The second-order valence-electron chi connectivity index (χ2n) is 4.17. The number of ketones is 1. The maximum absolute atomic E-state index is 11.7. The lowest BCUT2D eigenvalue weighted by atomic mass is 9.91. The van der Waals surface area contributed by atoms with Crippen molar-refractivity contribution in [3.05, 3.63) is 22.4 Å². The molecule has 3 heteroatoms. The molecule has 0 bridgehead atoms. The zero-order valence-corrected chi connectivity index (χ0v) is 9.69. The van der Waals surface area contributed by atoms with Crippen LogP contribution in [0.25, 0.3) is 0 Å². The van der Waals surface area contributed by atoms with Crippen molar-refractivity contribution in [2.24, 2.45) is 5.92 Å². The van der Waals surface area contributed by atoms with Crippen LogP contribution in [0.1, 0.15) is 36.0 Å². The third kappa shape index (κ3) is 3.14. The van der Waals surface area contributed by atoms with Crippen molar-refractivity contribution in [1.82, 2.24) is 5.32 Å². The summed E-state index contributed by atoms with van der Waals surface area (Å²) in [6.45, 7) is 2.24. The lowest BCUT2D eigenvalue weighted by Crippen LogP contribution is -2.27. The molecule has 1 aliphatic rings. The van der Waals surface area contributed by atoms with Crippen LogP contribution in [0.3, 0.4) is 0 Å². The maximum Gasteiger partial charge on any atom is 0.163 e. The van der Waals surface area contributed by atoms with Gasteiger partial charge in [0.05, 0.1) is 0 Å². The Labute approximate surface area is 94.7 Å². The lowest BCUT2D eigenvalue weighted by Gasteiger charge is -2.21. The SMILES string of the molecule is O=C(CCC1CCNCC1)c1ccsc1. The molecule has 2 nitrogen and oxygen atoms in total. The summed E-state index contributed by atoms with van der Waals surface area (Å²) in [5.74, 6) is 1.07. The highest BCUT2D eigenvalue weighted by Gasteiger charge is 2.15. The van der Waals surface area contributed by atoms with Crippen molar-refractivity contribution in [3.8, 4) is 0 Å². The molecule has 2 rings (SSSR count). The summed E-state index contributed by atoms with van der Waals surface area (Å²) in [5, 5.41) is 7.27. The van der Waals surface area contributed by atoms with Gasteiger partial charge in [0.1, 0.15) is 0 Å². The Morgan fingerprint density at radius 3 is 2.93 bits per heavy atom. The van der Waals surface area contributed by atoms with E-state index in [1.807, 2.05) is 16.8 Å². The van der Waals surface area contributed by atoms with Crippen molar-refractivity contribution in [2.75, 3.05) is 13.1 Å². The van der Waals surface area contributed by atoms with Crippen LogP contribution in [0.15, 0.2) is 16.8 Å². The lowest BCUT2D eigenvalue weighted by molar-refractivity contribution is 0.0971. The van der Waals surface area contributed by atoms with E-state index >= 15 is 0 Å². The first-order valence-electron chi connectivity index (χ1n) is 5.62. The molecule has 0 spiro atoms. The topological polar surface area (TPSA) is 29.1 Å². The van der Waals surface area contributed by atoms with Crippen LogP contribution >= 0.6 is 11.3 Å². The van der Waals surface area contributed by atoms with E-state index in [-0.39, 0.29) is 0 Å². The summed E-state index contributed by atoms with van der Waals surface area (Å²) in [7, 11) is 0. The molecule has 1 saturated heterocycles. The Hall–Kier alpha value is -0.670. The molecule has 0 saturated carbocycles. The molecular weight excluding hydrogens is 206 g/mol. The molecule has 1 fully saturated rings. The summed E-state index contributed by atoms with van der Waals surface area (Å²) in [4.78, 5) is 11.7. The first-order chi connectivity index (χ1) is 7.36. The average molecular weight is 223 g/mol. The molecule has 82 valence electrons. The maximum atomic E-state index is 11.7. The van der Waals surface area contributed by atoms with Gasteiger partial charge < -0.3 is 5.32 Å². The molecule has 1 aromatic heterocycles. The zero-order valence-electron chi connectivity index (χ0n) is 8.87. The molecule has 0 aliphatic carbocycles. The van der Waals surface area contributed by atoms with Gasteiger partial charge in [-0.05, 0) is 49.7 Å². The van der Waals surface area contributed by atoms with Crippen LogP contribution in [0, 0.1) is 5.92 Å². The summed E-state index contributed by atoms with van der Waals surface area (Å²) < 4.78 is 0. The van der Waals surface area contributed by atoms with Gasteiger partial charge in [-0.25, -0.2) is 0 Å². The van der Waals surface area contributed by atoms with Gasteiger partial charge >= 0.3 is 0 Å². The fraction of sp³-hybridized carbons (Fsp3) is 0.583. The second kappa shape index (κ2) is 5.42. The van der Waals surface area contributed by atoms with Gasteiger partial charge in [-0.3, -0.25) is 4.79 Å². The normalized spacial score (nSPS) is 17.9. The first-order valence-corrected chi connectivity index (χ1v) is 6.56. The smallest absolute Gasteiger partial charge is 0.163 e. The minimum atomic E-state index is 0.315. The molecule has 0 radical (unpaired) electrons. The van der Waals surface area contributed by atoms with Crippen molar-refractivity contribution in [1.29, 1.82) is 0 Å². The zero-order chi connectivity index (χ0) is 10.5. The van der Waals surface area contributed by atoms with E-state index in [1.54, 1.807) is 11.3 Å². The molecule has 1 aromatic rings. The summed E-state index contributed by atoms with van der Waals surface area (Å²) >= 11 is 1.60. The number of thiophene rings is 1. The minimum Gasteiger partial charge on any atom is -0.317 e. The van der Waals surface area contributed by atoms with Gasteiger partial charge in [-0.1, -0.05) is 0 Å². The molecular formula is C12H17NOS. The Bertz CT molecular complexity index is 301. The number of carbonyl (C=O) groups is 1. The van der Waals surface area contributed by atoms with Gasteiger partial charge in [0, 0.05) is 17.4 Å². The number of hydrogen-bond donors (Lipinski definition) is 1. The highest BCUT2D eigenvalue weighted by molar-refractivity contribution is 7.08. The molecule has 2 heterocycles. The van der Waals surface area contributed by atoms with E-state index in [2.05, 4.69) is 5.32 Å². The fourth-order valence-electron chi connectivity index (χ4n) is 2.07. The summed E-state index contributed by atoms with van der Waals surface area (Å²) in [6, 6.07) is 1.93. The minimum absolute atomic E-state index is 0.315. The van der Waals surface area contributed by atoms with E-state index in [0.29, 0.717) is 5.78 Å². The number of Topliss-reactive ketones (excluding diaryl/α,β-unsaturated/α-hetero) is 1. The Morgan fingerprint density at radius 1 is 1.47 bits per heavy atom. The average Bonchev–Trinajstić information content (AvgIpc) is 2.81. The van der Waals surface area contributed by atoms with Gasteiger partial charge in [0.2, 0.25) is 0 Å². The van der Waals surface area contributed by atoms with E-state index in [4.69, 9.17) is 0 Å². The van der Waals surface area contributed by atoms with Crippen molar-refractivity contribution in [2.45, 2.75) is 25.7 Å². The van der Waals surface area contributed by atoms with Crippen LogP contribution < -0.4 is 5.32 Å². The van der Waals surface area contributed by atoms with Crippen molar-refractivity contribution < 1.29 is 4.79 Å².